The van der Waals surface area contributed by atoms with Gasteiger partial charge in [-0.1, -0.05) is 42.0 Å². The molecule has 0 spiro atoms. The molecule has 4 aliphatic rings. The van der Waals surface area contributed by atoms with E-state index in [2.05, 4.69) is 0 Å². The van der Waals surface area contributed by atoms with E-state index in [1.54, 1.807) is 19.9 Å². The summed E-state index contributed by atoms with van der Waals surface area (Å²) in [6, 6.07) is 11.1. The summed E-state index contributed by atoms with van der Waals surface area (Å²) in [7, 11) is 0. The van der Waals surface area contributed by atoms with Crippen LogP contribution in [0.5, 0.6) is 5.75 Å². The highest BCUT2D eigenvalue weighted by molar-refractivity contribution is 6.24. The lowest BCUT2D eigenvalue weighted by atomic mass is 9.59. The molecule has 3 aliphatic carbocycles. The second-order valence-corrected chi connectivity index (χ2v) is 9.87. The molecule has 1 fully saturated rings. The van der Waals surface area contributed by atoms with E-state index in [1.807, 2.05) is 36.4 Å². The fourth-order valence-electron chi connectivity index (χ4n) is 6.68. The summed E-state index contributed by atoms with van der Waals surface area (Å²) >= 11 is 0. The molecule has 6 rings (SSSR count). The van der Waals surface area contributed by atoms with Crippen LogP contribution in [0.25, 0.3) is 10.8 Å². The highest BCUT2D eigenvalue weighted by atomic mass is 16.3. The Morgan fingerprint density at radius 3 is 2.54 bits per heavy atom. The van der Waals surface area contributed by atoms with Crippen molar-refractivity contribution in [3.05, 3.63) is 76.4 Å². The first kappa shape index (κ1) is 21.7. The number of hydrogen-bond acceptors (Lipinski definition) is 5. The summed E-state index contributed by atoms with van der Waals surface area (Å²) < 4.78 is 0. The van der Waals surface area contributed by atoms with Crippen LogP contribution in [0.15, 0.2) is 70.8 Å². The van der Waals surface area contributed by atoms with Gasteiger partial charge in [-0.3, -0.25) is 24.1 Å². The van der Waals surface area contributed by atoms with Crippen LogP contribution in [0.1, 0.15) is 38.2 Å². The van der Waals surface area contributed by atoms with E-state index in [-0.39, 0.29) is 41.5 Å². The molecule has 6 nitrogen and oxygen atoms in total. The molecule has 1 aliphatic heterocycles. The van der Waals surface area contributed by atoms with Crippen molar-refractivity contribution in [2.75, 3.05) is 6.54 Å². The van der Waals surface area contributed by atoms with Crippen LogP contribution in [-0.4, -0.2) is 39.9 Å². The molecule has 2 amide bonds. The molecule has 2 aromatic carbocycles. The van der Waals surface area contributed by atoms with Crippen molar-refractivity contribution in [2.45, 2.75) is 32.6 Å². The first-order valence-electron chi connectivity index (χ1n) is 12.1. The fourth-order valence-corrected chi connectivity index (χ4v) is 6.68. The monoisotopic (exact) mass is 467 g/mol. The molecule has 35 heavy (non-hydrogen) atoms. The smallest absolute Gasteiger partial charge is 0.233 e. The fraction of sp³-hybridized carbons (Fsp3) is 0.310. The normalized spacial score (nSPS) is 28.1. The van der Waals surface area contributed by atoms with Gasteiger partial charge in [0.2, 0.25) is 11.8 Å². The van der Waals surface area contributed by atoms with Crippen LogP contribution >= 0.6 is 0 Å². The standard InChI is InChI=1S/C29H25NO5/c1-3-30-28(34)18-10-9-17-19(23(18)29(30)35)13-20-25(22(32)12-14(2)27(20)33)26(17)24-16-7-5-4-6-15(16)8-11-21(24)31/h4-9,11-12,18-19,23,26,31H,3,10,13H2,1-2H3/t18-,19+,23-,26+/m0/s1. The largest absolute Gasteiger partial charge is 0.508 e. The van der Waals surface area contributed by atoms with Crippen molar-refractivity contribution in [1.29, 1.82) is 0 Å². The Kier molecular flexibility index (Phi) is 4.72. The first-order valence-corrected chi connectivity index (χ1v) is 12.1. The molecule has 4 atom stereocenters. The Morgan fingerprint density at radius 2 is 1.77 bits per heavy atom. The number of Topliss-reactive ketones (excluding diaryl/α,β-unsaturated/α-hetero) is 1. The maximum atomic E-state index is 13.4. The van der Waals surface area contributed by atoms with Crippen LogP contribution in [0.3, 0.4) is 0 Å². The Hall–Kier alpha value is -3.80. The van der Waals surface area contributed by atoms with Gasteiger partial charge in [0, 0.05) is 34.7 Å². The molecule has 2 aromatic rings. The number of nitrogens with zero attached hydrogens (tertiary/aromatic N) is 1. The topological polar surface area (TPSA) is 91.8 Å². The number of aromatic hydroxyl groups is 1. The average molecular weight is 468 g/mol. The summed E-state index contributed by atoms with van der Waals surface area (Å²) in [6.07, 6.45) is 4.01. The molecular weight excluding hydrogens is 442 g/mol. The summed E-state index contributed by atoms with van der Waals surface area (Å²) in [5, 5.41) is 12.8. The molecule has 176 valence electrons. The molecule has 0 saturated carbocycles. The summed E-state index contributed by atoms with van der Waals surface area (Å²) in [6.45, 7) is 3.73. The van der Waals surface area contributed by atoms with Gasteiger partial charge < -0.3 is 5.11 Å². The number of fused-ring (bicyclic) bond motifs is 4. The van der Waals surface area contributed by atoms with E-state index < -0.39 is 17.8 Å². The van der Waals surface area contributed by atoms with Gasteiger partial charge >= 0.3 is 0 Å². The Labute approximate surface area is 202 Å². The third kappa shape index (κ3) is 2.89. The van der Waals surface area contributed by atoms with Crippen molar-refractivity contribution in [2.24, 2.45) is 17.8 Å². The maximum absolute atomic E-state index is 13.4. The number of carbonyl (C=O) groups excluding carboxylic acids is 4. The third-order valence-corrected chi connectivity index (χ3v) is 8.21. The number of benzene rings is 2. The minimum absolute atomic E-state index is 0.0414. The maximum Gasteiger partial charge on any atom is 0.233 e. The van der Waals surface area contributed by atoms with E-state index in [9.17, 15) is 24.3 Å². The van der Waals surface area contributed by atoms with Crippen LogP contribution < -0.4 is 0 Å². The number of phenols is 1. The predicted octanol–water partition coefficient (Wildman–Crippen LogP) is 3.99. The van der Waals surface area contributed by atoms with Crippen molar-refractivity contribution >= 4 is 34.2 Å². The summed E-state index contributed by atoms with van der Waals surface area (Å²) in [5.41, 5.74) is 2.59. The van der Waals surface area contributed by atoms with Crippen molar-refractivity contribution in [1.82, 2.24) is 4.90 Å². The molecule has 0 unspecified atom stereocenters. The van der Waals surface area contributed by atoms with E-state index in [4.69, 9.17) is 0 Å². The molecule has 1 N–H and O–H groups in total. The number of imide groups is 1. The van der Waals surface area contributed by atoms with E-state index >= 15 is 0 Å². The number of rotatable bonds is 2. The SMILES string of the molecule is CCN1C(=O)[C@H]2[C@H](CC=C3[C@H](c4c(O)ccc5ccccc45)C4=C(C[C@H]32)C(=O)C(C)=CC4=O)C1=O. The number of amides is 2. The zero-order valence-electron chi connectivity index (χ0n) is 19.6. The van der Waals surface area contributed by atoms with Crippen molar-refractivity contribution in [3.8, 4) is 5.75 Å². The molecule has 0 bridgehead atoms. The summed E-state index contributed by atoms with van der Waals surface area (Å²) in [5.74, 6) is -2.82. The highest BCUT2D eigenvalue weighted by Gasteiger charge is 2.56. The van der Waals surface area contributed by atoms with Crippen LogP contribution in [-0.2, 0) is 19.2 Å². The first-order chi connectivity index (χ1) is 16.8. The number of phenolic OH excluding ortho intramolecular Hbond substituents is 1. The van der Waals surface area contributed by atoms with Gasteiger partial charge in [0.1, 0.15) is 5.75 Å². The Balaban J connectivity index is 1.62. The third-order valence-electron chi connectivity index (χ3n) is 8.21. The minimum atomic E-state index is -0.657. The minimum Gasteiger partial charge on any atom is -0.508 e. The van der Waals surface area contributed by atoms with Gasteiger partial charge in [-0.25, -0.2) is 0 Å². The lowest BCUT2D eigenvalue weighted by Crippen LogP contribution is -2.39. The van der Waals surface area contributed by atoms with Gasteiger partial charge in [-0.05, 0) is 55.5 Å². The van der Waals surface area contributed by atoms with E-state index in [0.29, 0.717) is 35.2 Å². The molecule has 1 heterocycles. The van der Waals surface area contributed by atoms with Gasteiger partial charge in [-0.2, -0.15) is 0 Å². The van der Waals surface area contributed by atoms with Gasteiger partial charge in [0.05, 0.1) is 11.8 Å². The molecule has 0 aromatic heterocycles. The number of allylic oxidation sites excluding steroid dienone is 6. The van der Waals surface area contributed by atoms with E-state index in [0.717, 1.165) is 16.3 Å². The lowest BCUT2D eigenvalue weighted by Gasteiger charge is -2.42. The van der Waals surface area contributed by atoms with Gasteiger partial charge in [-0.15, -0.1) is 0 Å². The van der Waals surface area contributed by atoms with E-state index in [1.165, 1.54) is 11.0 Å². The number of hydrogen-bond donors (Lipinski definition) is 1. The quantitative estimate of drug-likeness (QED) is 0.410. The zero-order chi connectivity index (χ0) is 24.6. The lowest BCUT2D eigenvalue weighted by molar-refractivity contribution is -0.139. The Morgan fingerprint density at radius 1 is 1.00 bits per heavy atom. The van der Waals surface area contributed by atoms with Gasteiger partial charge in [0.25, 0.3) is 0 Å². The van der Waals surface area contributed by atoms with Gasteiger partial charge in [0.15, 0.2) is 11.6 Å². The second-order valence-electron chi connectivity index (χ2n) is 9.87. The second kappa shape index (κ2) is 7.60. The number of likely N-dealkylation sites (tertiary alicyclic amines) is 1. The van der Waals surface area contributed by atoms with Crippen LogP contribution in [0, 0.1) is 17.8 Å². The zero-order valence-corrected chi connectivity index (χ0v) is 19.6. The van der Waals surface area contributed by atoms with Crippen LogP contribution in [0.4, 0.5) is 0 Å². The van der Waals surface area contributed by atoms with Crippen LogP contribution in [0.2, 0.25) is 0 Å². The summed E-state index contributed by atoms with van der Waals surface area (Å²) in [4.78, 5) is 54.4. The molecular formula is C29H25NO5. The number of carbonyl (C=O) groups is 4. The predicted molar refractivity (Wildman–Crippen MR) is 129 cm³/mol. The Bertz CT molecular complexity index is 1460. The highest BCUT2D eigenvalue weighted by Crippen LogP contribution is 2.56. The molecule has 6 heteroatoms. The molecule has 1 saturated heterocycles. The number of ketones is 2. The van der Waals surface area contributed by atoms with Crippen molar-refractivity contribution in [3.63, 3.8) is 0 Å². The average Bonchev–Trinajstić information content (AvgIpc) is 3.10. The molecule has 0 radical (unpaired) electrons. The van der Waals surface area contributed by atoms with Crippen molar-refractivity contribution < 1.29 is 24.3 Å².